The number of anilines is 1. The molecule has 0 radical (unpaired) electrons. The summed E-state index contributed by atoms with van der Waals surface area (Å²) in [6.07, 6.45) is 7.70. The normalized spacial score (nSPS) is 16.2. The summed E-state index contributed by atoms with van der Waals surface area (Å²) in [5.74, 6) is -0.285. The Morgan fingerprint density at radius 1 is 1.25 bits per heavy atom. The molecule has 5 nitrogen and oxygen atoms in total. The Balaban J connectivity index is 2.12. The van der Waals surface area contributed by atoms with Gasteiger partial charge in [0.15, 0.2) is 0 Å². The van der Waals surface area contributed by atoms with E-state index in [-0.39, 0.29) is 5.91 Å². The van der Waals surface area contributed by atoms with Crippen LogP contribution >= 0.6 is 0 Å². The predicted molar refractivity (Wildman–Crippen MR) is 97.5 cm³/mol. The first-order valence-corrected chi connectivity index (χ1v) is 10.2. The fourth-order valence-corrected chi connectivity index (χ4v) is 4.09. The molecule has 1 aromatic carbocycles. The molecule has 132 valence electrons. The summed E-state index contributed by atoms with van der Waals surface area (Å²) in [5, 5.41) is 2.87. The van der Waals surface area contributed by atoms with Crippen LogP contribution in [0.25, 0.3) is 0 Å². The van der Waals surface area contributed by atoms with E-state index in [0.717, 1.165) is 31.1 Å². The van der Waals surface area contributed by atoms with E-state index in [1.165, 1.54) is 16.3 Å². The maximum Gasteiger partial charge on any atom is 0.243 e. The van der Waals surface area contributed by atoms with E-state index in [1.54, 1.807) is 19.1 Å². The number of aryl methyl sites for hydroxylation is 1. The van der Waals surface area contributed by atoms with Crippen LogP contribution in [0.15, 0.2) is 35.9 Å². The summed E-state index contributed by atoms with van der Waals surface area (Å²) in [5.41, 5.74) is 2.76. The maximum absolute atomic E-state index is 12.5. The van der Waals surface area contributed by atoms with Crippen LogP contribution in [0.4, 0.5) is 5.69 Å². The van der Waals surface area contributed by atoms with Gasteiger partial charge in [-0.1, -0.05) is 29.3 Å². The largest absolute Gasteiger partial charge is 0.351 e. The third-order valence-corrected chi connectivity index (χ3v) is 5.49. The van der Waals surface area contributed by atoms with Crippen LogP contribution in [0.5, 0.6) is 0 Å². The summed E-state index contributed by atoms with van der Waals surface area (Å²) in [6, 6.07) is 6.33. The Morgan fingerprint density at radius 2 is 1.92 bits per heavy atom. The highest BCUT2D eigenvalue weighted by molar-refractivity contribution is 7.92. The Labute approximate surface area is 144 Å². The third kappa shape index (κ3) is 4.84. The molecule has 0 saturated carbocycles. The van der Waals surface area contributed by atoms with Gasteiger partial charge < -0.3 is 5.32 Å². The molecule has 0 spiro atoms. The van der Waals surface area contributed by atoms with Crippen molar-refractivity contribution >= 4 is 21.6 Å². The van der Waals surface area contributed by atoms with Gasteiger partial charge in [0.05, 0.1) is 11.9 Å². The second-order valence-corrected chi connectivity index (χ2v) is 8.26. The number of hydrogen-bond donors (Lipinski definition) is 1. The molecule has 2 rings (SSSR count). The van der Waals surface area contributed by atoms with E-state index in [4.69, 9.17) is 0 Å². The van der Waals surface area contributed by atoms with E-state index < -0.39 is 16.1 Å². The molecule has 1 aliphatic rings. The van der Waals surface area contributed by atoms with Crippen LogP contribution in [-0.2, 0) is 14.8 Å². The minimum atomic E-state index is -3.56. The number of nitrogens with one attached hydrogen (secondary N) is 1. The first-order valence-electron chi connectivity index (χ1n) is 8.31. The van der Waals surface area contributed by atoms with Crippen LogP contribution in [0.1, 0.15) is 38.2 Å². The molecule has 1 atom stereocenters. The first kappa shape index (κ1) is 18.5. The van der Waals surface area contributed by atoms with Crippen LogP contribution in [-0.4, -0.2) is 33.2 Å². The van der Waals surface area contributed by atoms with Gasteiger partial charge in [0.1, 0.15) is 6.04 Å². The molecule has 24 heavy (non-hydrogen) atoms. The molecular formula is C18H26N2O3S. The summed E-state index contributed by atoms with van der Waals surface area (Å²) in [7, 11) is -3.56. The lowest BCUT2D eigenvalue weighted by molar-refractivity contribution is -0.121. The van der Waals surface area contributed by atoms with Gasteiger partial charge in [0.2, 0.25) is 15.9 Å². The maximum atomic E-state index is 12.5. The summed E-state index contributed by atoms with van der Waals surface area (Å²) in [6.45, 7) is 4.04. The SMILES string of the molecule is Cc1ccc(N(C(C)C(=O)NCC2=CCCCC2)S(C)(=O)=O)cc1. The van der Waals surface area contributed by atoms with Gasteiger partial charge in [0, 0.05) is 6.54 Å². The zero-order valence-electron chi connectivity index (χ0n) is 14.6. The van der Waals surface area contributed by atoms with E-state index in [2.05, 4.69) is 11.4 Å². The van der Waals surface area contributed by atoms with Crippen molar-refractivity contribution in [1.82, 2.24) is 5.32 Å². The van der Waals surface area contributed by atoms with Crippen molar-refractivity contribution in [3.05, 3.63) is 41.5 Å². The van der Waals surface area contributed by atoms with Crippen molar-refractivity contribution in [1.29, 1.82) is 0 Å². The van der Waals surface area contributed by atoms with Gasteiger partial charge in [-0.2, -0.15) is 0 Å². The quantitative estimate of drug-likeness (QED) is 0.802. The number of nitrogens with zero attached hydrogens (tertiary/aromatic N) is 1. The van der Waals surface area contributed by atoms with Crippen molar-refractivity contribution in [2.45, 2.75) is 45.6 Å². The van der Waals surface area contributed by atoms with E-state index >= 15 is 0 Å². The standard InChI is InChI=1S/C18H26N2O3S/c1-14-9-11-17(12-10-14)20(24(3,22)23)15(2)18(21)19-13-16-7-5-4-6-8-16/h7,9-12,15H,4-6,8,13H2,1-3H3,(H,19,21). The lowest BCUT2D eigenvalue weighted by atomic mass is 10.00. The number of benzene rings is 1. The zero-order valence-corrected chi connectivity index (χ0v) is 15.4. The Morgan fingerprint density at radius 3 is 2.46 bits per heavy atom. The molecule has 1 aliphatic carbocycles. The summed E-state index contributed by atoms with van der Waals surface area (Å²) >= 11 is 0. The number of carbonyl (C=O) groups excluding carboxylic acids is 1. The molecule has 0 fully saturated rings. The van der Waals surface area contributed by atoms with Crippen LogP contribution in [0.3, 0.4) is 0 Å². The van der Waals surface area contributed by atoms with Crippen LogP contribution < -0.4 is 9.62 Å². The summed E-state index contributed by atoms with van der Waals surface area (Å²) in [4.78, 5) is 12.5. The topological polar surface area (TPSA) is 66.5 Å². The molecule has 0 heterocycles. The molecule has 0 aromatic heterocycles. The number of carbonyl (C=O) groups is 1. The monoisotopic (exact) mass is 350 g/mol. The second kappa shape index (κ2) is 7.83. The van der Waals surface area contributed by atoms with Gasteiger partial charge in [0.25, 0.3) is 0 Å². The first-order chi connectivity index (χ1) is 11.3. The smallest absolute Gasteiger partial charge is 0.243 e. The average molecular weight is 350 g/mol. The van der Waals surface area contributed by atoms with Crippen LogP contribution in [0, 0.1) is 6.92 Å². The minimum Gasteiger partial charge on any atom is -0.351 e. The highest BCUT2D eigenvalue weighted by Crippen LogP contribution is 2.21. The number of amides is 1. The Kier molecular flexibility index (Phi) is 6.04. The van der Waals surface area contributed by atoms with Gasteiger partial charge >= 0.3 is 0 Å². The van der Waals surface area contributed by atoms with Gasteiger partial charge in [-0.05, 0) is 51.7 Å². The Hall–Kier alpha value is -1.82. The van der Waals surface area contributed by atoms with Crippen molar-refractivity contribution in [2.24, 2.45) is 0 Å². The van der Waals surface area contributed by atoms with Gasteiger partial charge in [-0.3, -0.25) is 9.10 Å². The van der Waals surface area contributed by atoms with E-state index in [9.17, 15) is 13.2 Å². The Bertz CT molecular complexity index is 708. The van der Waals surface area contributed by atoms with Crippen molar-refractivity contribution in [3.8, 4) is 0 Å². The summed E-state index contributed by atoms with van der Waals surface area (Å²) < 4.78 is 25.6. The number of hydrogen-bond acceptors (Lipinski definition) is 3. The fourth-order valence-electron chi connectivity index (χ4n) is 2.91. The highest BCUT2D eigenvalue weighted by atomic mass is 32.2. The average Bonchev–Trinajstić information content (AvgIpc) is 2.54. The lowest BCUT2D eigenvalue weighted by Crippen LogP contribution is -2.48. The molecular weight excluding hydrogens is 324 g/mol. The predicted octanol–water partition coefficient (Wildman–Crippen LogP) is 2.77. The highest BCUT2D eigenvalue weighted by Gasteiger charge is 2.28. The molecule has 1 unspecified atom stereocenters. The molecule has 1 amide bonds. The number of allylic oxidation sites excluding steroid dienone is 1. The molecule has 0 bridgehead atoms. The minimum absolute atomic E-state index is 0.285. The lowest BCUT2D eigenvalue weighted by Gasteiger charge is -2.28. The van der Waals surface area contributed by atoms with Gasteiger partial charge in [-0.15, -0.1) is 0 Å². The van der Waals surface area contributed by atoms with Crippen molar-refractivity contribution in [3.63, 3.8) is 0 Å². The third-order valence-electron chi connectivity index (χ3n) is 4.25. The van der Waals surface area contributed by atoms with E-state index in [1.807, 2.05) is 19.1 Å². The molecule has 1 N–H and O–H groups in total. The zero-order chi connectivity index (χ0) is 17.7. The second-order valence-electron chi connectivity index (χ2n) is 6.40. The van der Waals surface area contributed by atoms with E-state index in [0.29, 0.717) is 12.2 Å². The molecule has 0 aliphatic heterocycles. The van der Waals surface area contributed by atoms with Crippen molar-refractivity contribution in [2.75, 3.05) is 17.1 Å². The fraction of sp³-hybridized carbons (Fsp3) is 0.500. The molecule has 0 saturated heterocycles. The molecule has 1 aromatic rings. The van der Waals surface area contributed by atoms with Crippen molar-refractivity contribution < 1.29 is 13.2 Å². The van der Waals surface area contributed by atoms with Crippen LogP contribution in [0.2, 0.25) is 0 Å². The number of rotatable bonds is 6. The van der Waals surface area contributed by atoms with Gasteiger partial charge in [-0.25, -0.2) is 8.42 Å². The molecule has 6 heteroatoms. The number of sulfonamides is 1.